The zero-order valence-corrected chi connectivity index (χ0v) is 11.9. The van der Waals surface area contributed by atoms with Gasteiger partial charge >= 0.3 is 0 Å². The number of rotatable bonds is 5. The molecule has 1 aliphatic rings. The first-order valence-corrected chi connectivity index (χ1v) is 6.94. The van der Waals surface area contributed by atoms with Crippen LogP contribution in [0.5, 0.6) is 0 Å². The summed E-state index contributed by atoms with van der Waals surface area (Å²) in [5.41, 5.74) is 3.19. The van der Waals surface area contributed by atoms with Gasteiger partial charge in [0.25, 0.3) is 5.95 Å². The molecule has 0 saturated carbocycles. The Hall–Kier alpha value is -2.26. The fraction of sp³-hybridized carbons (Fsp3) is 0.500. The number of morpholine rings is 1. The van der Waals surface area contributed by atoms with Crippen molar-refractivity contribution in [3.63, 3.8) is 0 Å². The molecular weight excluding hydrogens is 272 g/mol. The van der Waals surface area contributed by atoms with Gasteiger partial charge in [0, 0.05) is 32.0 Å². The molecule has 3 rings (SSSR count). The molecular formula is C12H18N8O. The van der Waals surface area contributed by atoms with Crippen molar-refractivity contribution in [1.29, 1.82) is 0 Å². The molecule has 2 aromatic heterocycles. The molecule has 0 radical (unpaired) electrons. The van der Waals surface area contributed by atoms with Gasteiger partial charge in [-0.1, -0.05) is 0 Å². The van der Waals surface area contributed by atoms with Crippen LogP contribution >= 0.6 is 0 Å². The summed E-state index contributed by atoms with van der Waals surface area (Å²) in [6.45, 7) is 5.71. The van der Waals surface area contributed by atoms with Crippen molar-refractivity contribution in [2.75, 3.05) is 43.6 Å². The van der Waals surface area contributed by atoms with E-state index < -0.39 is 0 Å². The first-order valence-electron chi connectivity index (χ1n) is 6.94. The highest BCUT2D eigenvalue weighted by atomic mass is 16.5. The van der Waals surface area contributed by atoms with E-state index >= 15 is 0 Å². The van der Waals surface area contributed by atoms with Crippen molar-refractivity contribution in [1.82, 2.24) is 29.7 Å². The molecule has 0 unspecified atom stereocenters. The summed E-state index contributed by atoms with van der Waals surface area (Å²) in [7, 11) is 0. The van der Waals surface area contributed by atoms with Gasteiger partial charge in [0.1, 0.15) is 0 Å². The molecule has 21 heavy (non-hydrogen) atoms. The third-order valence-electron chi connectivity index (χ3n) is 2.94. The van der Waals surface area contributed by atoms with Gasteiger partial charge in [-0.2, -0.15) is 20.1 Å². The smallest absolute Gasteiger partial charge is 0.257 e. The summed E-state index contributed by atoms with van der Waals surface area (Å²) in [6, 6.07) is 1.83. The molecule has 1 fully saturated rings. The Morgan fingerprint density at radius 3 is 2.71 bits per heavy atom. The highest BCUT2D eigenvalue weighted by Crippen LogP contribution is 2.10. The van der Waals surface area contributed by atoms with E-state index in [0.29, 0.717) is 31.1 Å². The molecule has 2 N–H and O–H groups in total. The standard InChI is InChI=1S/C12H18N8O/c1-2-13-10-15-11(18-19-6-8-21-9-7-19)17-12(16-10)20-5-3-4-14-20/h3-5H,2,6-9H2,1H3,(H2,13,15,16,17,18). The lowest BCUT2D eigenvalue weighted by molar-refractivity contribution is 0.0492. The van der Waals surface area contributed by atoms with Crippen molar-refractivity contribution < 1.29 is 4.74 Å². The minimum atomic E-state index is 0.474. The van der Waals surface area contributed by atoms with E-state index in [2.05, 4.69) is 30.8 Å². The fourth-order valence-electron chi connectivity index (χ4n) is 1.96. The number of hydrazine groups is 1. The van der Waals surface area contributed by atoms with Crippen LogP contribution < -0.4 is 10.7 Å². The maximum Gasteiger partial charge on any atom is 0.257 e. The van der Waals surface area contributed by atoms with Gasteiger partial charge in [-0.25, -0.2) is 9.69 Å². The van der Waals surface area contributed by atoms with E-state index in [4.69, 9.17) is 4.74 Å². The Morgan fingerprint density at radius 1 is 1.19 bits per heavy atom. The number of aromatic nitrogens is 5. The van der Waals surface area contributed by atoms with Gasteiger partial charge in [0.2, 0.25) is 11.9 Å². The Kier molecular flexibility index (Phi) is 4.22. The minimum Gasteiger partial charge on any atom is -0.379 e. The van der Waals surface area contributed by atoms with Gasteiger partial charge in [0.15, 0.2) is 0 Å². The van der Waals surface area contributed by atoms with Crippen LogP contribution in [0.2, 0.25) is 0 Å². The Bertz CT molecular complexity index is 567. The predicted molar refractivity (Wildman–Crippen MR) is 77.1 cm³/mol. The predicted octanol–water partition coefficient (Wildman–Crippen LogP) is 0.148. The maximum absolute atomic E-state index is 5.32. The number of hydrogen-bond donors (Lipinski definition) is 2. The van der Waals surface area contributed by atoms with Gasteiger partial charge in [0.05, 0.1) is 13.2 Å². The summed E-state index contributed by atoms with van der Waals surface area (Å²) >= 11 is 0. The number of ether oxygens (including phenoxy) is 1. The summed E-state index contributed by atoms with van der Waals surface area (Å²) < 4.78 is 6.93. The number of hydrogen-bond acceptors (Lipinski definition) is 8. The quantitative estimate of drug-likeness (QED) is 0.803. The second-order valence-corrected chi connectivity index (χ2v) is 4.47. The molecule has 1 aliphatic heterocycles. The molecule has 1 saturated heterocycles. The van der Waals surface area contributed by atoms with E-state index in [-0.39, 0.29) is 0 Å². The van der Waals surface area contributed by atoms with Gasteiger partial charge < -0.3 is 10.1 Å². The number of anilines is 2. The molecule has 0 amide bonds. The molecule has 0 atom stereocenters. The Morgan fingerprint density at radius 2 is 2.00 bits per heavy atom. The van der Waals surface area contributed by atoms with Gasteiger partial charge in [-0.15, -0.1) is 0 Å². The zero-order chi connectivity index (χ0) is 14.5. The number of nitrogens with one attached hydrogen (secondary N) is 2. The van der Waals surface area contributed by atoms with E-state index in [1.807, 2.05) is 18.0 Å². The van der Waals surface area contributed by atoms with Gasteiger partial charge in [-0.3, -0.25) is 5.43 Å². The molecule has 0 bridgehead atoms. The van der Waals surface area contributed by atoms with Crippen molar-refractivity contribution >= 4 is 11.9 Å². The molecule has 9 nitrogen and oxygen atoms in total. The molecule has 2 aromatic rings. The summed E-state index contributed by atoms with van der Waals surface area (Å²) in [5, 5.41) is 9.28. The first-order chi connectivity index (χ1) is 10.3. The monoisotopic (exact) mass is 290 g/mol. The van der Waals surface area contributed by atoms with Crippen molar-refractivity contribution in [2.45, 2.75) is 6.92 Å². The minimum absolute atomic E-state index is 0.474. The van der Waals surface area contributed by atoms with E-state index in [0.717, 1.165) is 19.6 Å². The molecule has 9 heteroatoms. The highest BCUT2D eigenvalue weighted by Gasteiger charge is 2.13. The molecule has 3 heterocycles. The lowest BCUT2D eigenvalue weighted by Gasteiger charge is -2.26. The van der Waals surface area contributed by atoms with Crippen molar-refractivity contribution in [3.05, 3.63) is 18.5 Å². The second kappa shape index (κ2) is 6.46. The molecule has 0 aromatic carbocycles. The zero-order valence-electron chi connectivity index (χ0n) is 11.9. The maximum atomic E-state index is 5.32. The van der Waals surface area contributed by atoms with Crippen LogP contribution in [0.3, 0.4) is 0 Å². The van der Waals surface area contributed by atoms with E-state index in [1.165, 1.54) is 0 Å². The van der Waals surface area contributed by atoms with Crippen LogP contribution in [-0.2, 0) is 4.74 Å². The van der Waals surface area contributed by atoms with Crippen LogP contribution in [0, 0.1) is 0 Å². The summed E-state index contributed by atoms with van der Waals surface area (Å²) in [6.07, 6.45) is 3.48. The lowest BCUT2D eigenvalue weighted by atomic mass is 10.5. The van der Waals surface area contributed by atoms with Crippen LogP contribution in [-0.4, -0.2) is 62.6 Å². The highest BCUT2D eigenvalue weighted by molar-refractivity contribution is 5.37. The van der Waals surface area contributed by atoms with Crippen LogP contribution in [0.1, 0.15) is 6.92 Å². The second-order valence-electron chi connectivity index (χ2n) is 4.47. The van der Waals surface area contributed by atoms with Crippen molar-refractivity contribution in [2.24, 2.45) is 0 Å². The Balaban J connectivity index is 1.84. The van der Waals surface area contributed by atoms with E-state index in [9.17, 15) is 0 Å². The largest absolute Gasteiger partial charge is 0.379 e. The van der Waals surface area contributed by atoms with Crippen LogP contribution in [0.15, 0.2) is 18.5 Å². The first kappa shape index (κ1) is 13.7. The normalized spacial score (nSPS) is 15.9. The van der Waals surface area contributed by atoms with Crippen LogP contribution in [0.4, 0.5) is 11.9 Å². The summed E-state index contributed by atoms with van der Waals surface area (Å²) in [5.74, 6) is 1.49. The van der Waals surface area contributed by atoms with Gasteiger partial charge in [-0.05, 0) is 13.0 Å². The molecule has 0 spiro atoms. The lowest BCUT2D eigenvalue weighted by Crippen LogP contribution is -2.40. The third kappa shape index (κ3) is 3.44. The fourth-order valence-corrected chi connectivity index (χ4v) is 1.96. The topological polar surface area (TPSA) is 93.0 Å². The Labute approximate surface area is 122 Å². The third-order valence-corrected chi connectivity index (χ3v) is 2.94. The molecule has 112 valence electrons. The average molecular weight is 290 g/mol. The number of nitrogens with zero attached hydrogens (tertiary/aromatic N) is 6. The van der Waals surface area contributed by atoms with Crippen molar-refractivity contribution in [3.8, 4) is 5.95 Å². The molecule has 0 aliphatic carbocycles. The van der Waals surface area contributed by atoms with E-state index in [1.54, 1.807) is 17.1 Å². The SMILES string of the molecule is CCNc1nc(NN2CCOCC2)nc(-n2cccn2)n1. The summed E-state index contributed by atoms with van der Waals surface area (Å²) in [4.78, 5) is 13.1. The average Bonchev–Trinajstić information content (AvgIpc) is 3.03. The van der Waals surface area contributed by atoms with Crippen LogP contribution in [0.25, 0.3) is 5.95 Å².